The molecule has 0 saturated carbocycles. The van der Waals surface area contributed by atoms with E-state index in [1.165, 1.54) is 18.4 Å². The molecule has 0 radical (unpaired) electrons. The summed E-state index contributed by atoms with van der Waals surface area (Å²) >= 11 is 0. The van der Waals surface area contributed by atoms with Crippen molar-refractivity contribution < 1.29 is 22.4 Å². The summed E-state index contributed by atoms with van der Waals surface area (Å²) in [5.74, 6) is 0.179. The lowest BCUT2D eigenvalue weighted by Gasteiger charge is -2.31. The number of piperazine rings is 1. The first kappa shape index (κ1) is 24.9. The van der Waals surface area contributed by atoms with Gasteiger partial charge in [-0.1, -0.05) is 48.0 Å². The minimum absolute atomic E-state index is 0.170. The number of oxazole rings is 1. The van der Waals surface area contributed by atoms with Crippen molar-refractivity contribution in [2.45, 2.75) is 32.7 Å². The van der Waals surface area contributed by atoms with Gasteiger partial charge in [0, 0.05) is 39.3 Å². The molecule has 2 heterocycles. The first-order valence-corrected chi connectivity index (χ1v) is 11.5. The number of halogens is 3. The summed E-state index contributed by atoms with van der Waals surface area (Å²) in [6, 6.07) is 13.3. The third-order valence-corrected chi connectivity index (χ3v) is 6.07. The first-order chi connectivity index (χ1) is 16.7. The average molecular weight is 487 g/mol. The molecule has 4 rings (SSSR count). The van der Waals surface area contributed by atoms with E-state index >= 15 is 0 Å². The van der Waals surface area contributed by atoms with Crippen LogP contribution in [-0.4, -0.2) is 58.8 Å². The van der Waals surface area contributed by atoms with Crippen molar-refractivity contribution in [3.63, 3.8) is 0 Å². The molecule has 0 aliphatic carbocycles. The quantitative estimate of drug-likeness (QED) is 0.489. The molecular weight excluding hydrogens is 457 g/mol. The standard InChI is InChI=1S/C26H29F3N4O2/c1-19-5-3-6-20(13-19)15-32(16-21-7-4-8-22(14-21)26(27,28)29)17-24-30-23(18-35-24)25(34)33-11-9-31(2)10-12-33/h3-8,13-14,18H,9-12,15-17H2,1-2H3. The number of hydrogen-bond acceptors (Lipinski definition) is 5. The van der Waals surface area contributed by atoms with E-state index in [0.29, 0.717) is 31.1 Å². The van der Waals surface area contributed by atoms with Gasteiger partial charge < -0.3 is 14.2 Å². The molecule has 0 N–H and O–H groups in total. The van der Waals surface area contributed by atoms with Gasteiger partial charge >= 0.3 is 6.18 Å². The van der Waals surface area contributed by atoms with Gasteiger partial charge in [0.25, 0.3) is 5.91 Å². The van der Waals surface area contributed by atoms with Crippen molar-refractivity contribution in [1.29, 1.82) is 0 Å². The largest absolute Gasteiger partial charge is 0.447 e. The van der Waals surface area contributed by atoms with Crippen LogP contribution in [0.4, 0.5) is 13.2 Å². The number of alkyl halides is 3. The van der Waals surface area contributed by atoms with Gasteiger partial charge in [-0.3, -0.25) is 9.69 Å². The number of carbonyl (C=O) groups excluding carboxylic acids is 1. The number of aryl methyl sites for hydroxylation is 1. The Kier molecular flexibility index (Phi) is 7.57. The second-order valence-corrected chi connectivity index (χ2v) is 9.05. The summed E-state index contributed by atoms with van der Waals surface area (Å²) in [5.41, 5.74) is 2.23. The molecule has 1 aliphatic heterocycles. The van der Waals surface area contributed by atoms with E-state index in [-0.39, 0.29) is 24.7 Å². The second-order valence-electron chi connectivity index (χ2n) is 9.05. The summed E-state index contributed by atoms with van der Waals surface area (Å²) in [6.07, 6.45) is -3.04. The van der Waals surface area contributed by atoms with Gasteiger partial charge in [-0.05, 0) is 31.2 Å². The molecule has 35 heavy (non-hydrogen) atoms. The van der Waals surface area contributed by atoms with Gasteiger partial charge in [-0.2, -0.15) is 13.2 Å². The van der Waals surface area contributed by atoms with Crippen LogP contribution >= 0.6 is 0 Å². The molecular formula is C26H29F3N4O2. The predicted molar refractivity (Wildman–Crippen MR) is 125 cm³/mol. The highest BCUT2D eigenvalue weighted by Crippen LogP contribution is 2.30. The van der Waals surface area contributed by atoms with E-state index in [2.05, 4.69) is 9.88 Å². The number of aromatic nitrogens is 1. The monoisotopic (exact) mass is 486 g/mol. The lowest BCUT2D eigenvalue weighted by atomic mass is 10.1. The van der Waals surface area contributed by atoms with Crippen LogP contribution in [0.5, 0.6) is 0 Å². The maximum Gasteiger partial charge on any atom is 0.416 e. The SMILES string of the molecule is Cc1cccc(CN(Cc2cccc(C(F)(F)F)c2)Cc2nc(C(=O)N3CCN(C)CC3)co2)c1. The number of hydrogen-bond donors (Lipinski definition) is 0. The van der Waals surface area contributed by atoms with Crippen LogP contribution in [0.2, 0.25) is 0 Å². The second kappa shape index (κ2) is 10.6. The fourth-order valence-corrected chi connectivity index (χ4v) is 4.19. The summed E-state index contributed by atoms with van der Waals surface area (Å²) in [6.45, 7) is 5.86. The van der Waals surface area contributed by atoms with Gasteiger partial charge in [-0.25, -0.2) is 4.98 Å². The van der Waals surface area contributed by atoms with Gasteiger partial charge in [0.15, 0.2) is 5.69 Å². The first-order valence-electron chi connectivity index (χ1n) is 11.5. The Morgan fingerprint density at radius 1 is 1.00 bits per heavy atom. The average Bonchev–Trinajstić information content (AvgIpc) is 3.27. The third kappa shape index (κ3) is 6.70. The molecule has 1 aromatic heterocycles. The lowest BCUT2D eigenvalue weighted by Crippen LogP contribution is -2.47. The molecule has 2 aromatic carbocycles. The number of benzene rings is 2. The van der Waals surface area contributed by atoms with Crippen molar-refractivity contribution >= 4 is 5.91 Å². The van der Waals surface area contributed by atoms with Crippen LogP contribution < -0.4 is 0 Å². The van der Waals surface area contributed by atoms with Crippen LogP contribution in [0.1, 0.15) is 38.6 Å². The number of nitrogens with zero attached hydrogens (tertiary/aromatic N) is 4. The molecule has 0 atom stereocenters. The normalized spacial score (nSPS) is 15.1. The van der Waals surface area contributed by atoms with E-state index in [1.54, 1.807) is 11.0 Å². The zero-order valence-electron chi connectivity index (χ0n) is 19.9. The fraction of sp³-hybridized carbons (Fsp3) is 0.385. The van der Waals surface area contributed by atoms with Crippen molar-refractivity contribution in [3.8, 4) is 0 Å². The molecule has 1 aliphatic rings. The van der Waals surface area contributed by atoms with Crippen LogP contribution in [0.3, 0.4) is 0 Å². The number of likely N-dealkylation sites (N-methyl/N-ethyl adjacent to an activating group) is 1. The van der Waals surface area contributed by atoms with E-state index in [9.17, 15) is 18.0 Å². The minimum Gasteiger partial charge on any atom is -0.447 e. The fourth-order valence-electron chi connectivity index (χ4n) is 4.19. The summed E-state index contributed by atoms with van der Waals surface area (Å²) in [4.78, 5) is 23.1. The Balaban J connectivity index is 1.51. The Bertz CT molecular complexity index is 1150. The summed E-state index contributed by atoms with van der Waals surface area (Å²) in [7, 11) is 2.02. The summed E-state index contributed by atoms with van der Waals surface area (Å²) < 4.78 is 45.3. The molecule has 0 unspecified atom stereocenters. The number of rotatable bonds is 7. The Hall–Kier alpha value is -3.17. The maximum atomic E-state index is 13.2. The van der Waals surface area contributed by atoms with Gasteiger partial charge in [-0.15, -0.1) is 0 Å². The van der Waals surface area contributed by atoms with Crippen molar-refractivity contribution in [3.05, 3.63) is 88.6 Å². The molecule has 9 heteroatoms. The van der Waals surface area contributed by atoms with Gasteiger partial charge in [0.2, 0.25) is 5.89 Å². The van der Waals surface area contributed by atoms with Crippen LogP contribution in [0.15, 0.2) is 59.2 Å². The smallest absolute Gasteiger partial charge is 0.416 e. The Labute approximate surface area is 203 Å². The van der Waals surface area contributed by atoms with Crippen LogP contribution in [0, 0.1) is 6.92 Å². The van der Waals surface area contributed by atoms with Crippen LogP contribution in [0.25, 0.3) is 0 Å². The Morgan fingerprint density at radius 3 is 2.31 bits per heavy atom. The maximum absolute atomic E-state index is 13.2. The molecule has 0 bridgehead atoms. The predicted octanol–water partition coefficient (Wildman–Crippen LogP) is 4.59. The Morgan fingerprint density at radius 2 is 1.66 bits per heavy atom. The highest BCUT2D eigenvalue weighted by molar-refractivity contribution is 5.92. The molecule has 1 amide bonds. The number of carbonyl (C=O) groups is 1. The van der Waals surface area contributed by atoms with E-state index in [0.717, 1.165) is 30.3 Å². The van der Waals surface area contributed by atoms with Gasteiger partial charge in [0.05, 0.1) is 12.1 Å². The van der Waals surface area contributed by atoms with Gasteiger partial charge in [0.1, 0.15) is 6.26 Å². The third-order valence-electron chi connectivity index (χ3n) is 6.07. The van der Waals surface area contributed by atoms with Crippen LogP contribution in [-0.2, 0) is 25.8 Å². The molecule has 0 spiro atoms. The molecule has 6 nitrogen and oxygen atoms in total. The zero-order valence-corrected chi connectivity index (χ0v) is 19.9. The number of amides is 1. The van der Waals surface area contributed by atoms with Crippen molar-refractivity contribution in [2.24, 2.45) is 0 Å². The highest BCUT2D eigenvalue weighted by Gasteiger charge is 2.30. The molecule has 1 saturated heterocycles. The zero-order chi connectivity index (χ0) is 25.0. The van der Waals surface area contributed by atoms with E-state index in [4.69, 9.17) is 4.42 Å². The van der Waals surface area contributed by atoms with Crippen molar-refractivity contribution in [2.75, 3.05) is 33.2 Å². The topological polar surface area (TPSA) is 52.8 Å². The highest BCUT2D eigenvalue weighted by atomic mass is 19.4. The van der Waals surface area contributed by atoms with E-state index < -0.39 is 11.7 Å². The molecule has 186 valence electrons. The molecule has 1 fully saturated rings. The molecule has 3 aromatic rings. The minimum atomic E-state index is -4.40. The van der Waals surface area contributed by atoms with Crippen molar-refractivity contribution in [1.82, 2.24) is 19.7 Å². The van der Waals surface area contributed by atoms with E-state index in [1.807, 2.05) is 43.1 Å². The summed E-state index contributed by atoms with van der Waals surface area (Å²) in [5, 5.41) is 0. The lowest BCUT2D eigenvalue weighted by molar-refractivity contribution is -0.137.